The summed E-state index contributed by atoms with van der Waals surface area (Å²) in [5.41, 5.74) is 0.404. The summed E-state index contributed by atoms with van der Waals surface area (Å²) >= 11 is 0.884. The number of amides is 1. The highest BCUT2D eigenvalue weighted by atomic mass is 32.1. The number of hydrogen-bond donors (Lipinski definition) is 1. The van der Waals surface area contributed by atoms with Gasteiger partial charge >= 0.3 is 17.8 Å². The molecule has 1 amide bonds. The molecule has 0 spiro atoms. The van der Waals surface area contributed by atoms with Crippen LogP contribution in [0, 0.1) is 17.0 Å². The van der Waals surface area contributed by atoms with Crippen LogP contribution in [0.2, 0.25) is 0 Å². The van der Waals surface area contributed by atoms with Crippen LogP contribution in [-0.2, 0) is 20.8 Å². The maximum atomic E-state index is 12.4. The first-order valence-corrected chi connectivity index (χ1v) is 8.96. The number of carbonyl (C=O) groups excluding carboxylic acids is 3. The summed E-state index contributed by atoms with van der Waals surface area (Å²) in [6, 6.07) is 1.16. The molecule has 1 N–H and O–H groups in total. The number of nitro groups is 1. The van der Waals surface area contributed by atoms with Crippen molar-refractivity contribution in [3.63, 3.8) is 0 Å². The fourth-order valence-corrected chi connectivity index (χ4v) is 3.38. The predicted octanol–water partition coefficient (Wildman–Crippen LogP) is 2.15. The van der Waals surface area contributed by atoms with Crippen LogP contribution in [-0.4, -0.2) is 46.3 Å². The largest absolute Gasteiger partial charge is 0.465 e. The van der Waals surface area contributed by atoms with E-state index in [1.165, 1.54) is 13.3 Å². The summed E-state index contributed by atoms with van der Waals surface area (Å²) in [5, 5.41) is 17.0. The summed E-state index contributed by atoms with van der Waals surface area (Å²) in [7, 11) is 1.21. The minimum Gasteiger partial charge on any atom is -0.465 e. The molecular weight excluding hydrogens is 392 g/mol. The number of ether oxygens (including phenoxy) is 2. The molecule has 0 atom stereocenters. The third-order valence-corrected chi connectivity index (χ3v) is 4.72. The highest BCUT2D eigenvalue weighted by Gasteiger charge is 2.27. The van der Waals surface area contributed by atoms with Gasteiger partial charge in [-0.25, -0.2) is 9.59 Å². The molecule has 2 rings (SSSR count). The molecule has 28 heavy (non-hydrogen) atoms. The number of esters is 2. The first kappa shape index (κ1) is 21.0. The fourth-order valence-electron chi connectivity index (χ4n) is 2.25. The standard InChI is InChI=1S/C16H18N4O7S/c1-4-7-27-15(22)12-9(2)13(16(23)26-3)28-14(12)17-11(21)8-19-6-5-10(18-19)20(24)25/h5-6H,4,7-8H2,1-3H3,(H,17,21). The number of carbonyl (C=O) groups is 3. The number of aromatic nitrogens is 2. The van der Waals surface area contributed by atoms with Gasteiger partial charge in [-0.3, -0.25) is 4.79 Å². The van der Waals surface area contributed by atoms with Gasteiger partial charge in [-0.05, 0) is 23.8 Å². The Labute approximate surface area is 163 Å². The molecule has 12 heteroatoms. The van der Waals surface area contributed by atoms with E-state index in [4.69, 9.17) is 9.47 Å². The lowest BCUT2D eigenvalue weighted by atomic mass is 10.1. The molecule has 0 aliphatic rings. The van der Waals surface area contributed by atoms with Gasteiger partial charge < -0.3 is 24.9 Å². The van der Waals surface area contributed by atoms with Gasteiger partial charge in [-0.15, -0.1) is 11.3 Å². The molecule has 0 bridgehead atoms. The van der Waals surface area contributed by atoms with E-state index in [1.807, 2.05) is 6.92 Å². The summed E-state index contributed by atoms with van der Waals surface area (Å²) in [4.78, 5) is 46.8. The van der Waals surface area contributed by atoms with E-state index in [0.29, 0.717) is 12.0 Å². The van der Waals surface area contributed by atoms with Crippen molar-refractivity contribution < 1.29 is 28.8 Å². The Balaban J connectivity index is 2.26. The third kappa shape index (κ3) is 4.71. The van der Waals surface area contributed by atoms with Crippen LogP contribution in [0.1, 0.15) is 38.9 Å². The summed E-state index contributed by atoms with van der Waals surface area (Å²) in [6.45, 7) is 3.26. The van der Waals surface area contributed by atoms with E-state index < -0.39 is 28.6 Å². The molecule has 0 saturated heterocycles. The van der Waals surface area contributed by atoms with Crippen molar-refractivity contribution in [2.75, 3.05) is 19.0 Å². The van der Waals surface area contributed by atoms with Gasteiger partial charge in [-0.1, -0.05) is 6.92 Å². The highest BCUT2D eigenvalue weighted by Crippen LogP contribution is 2.34. The minimum atomic E-state index is -0.679. The molecule has 2 aromatic heterocycles. The van der Waals surface area contributed by atoms with Crippen molar-refractivity contribution in [1.29, 1.82) is 0 Å². The van der Waals surface area contributed by atoms with Crippen molar-refractivity contribution in [2.24, 2.45) is 0 Å². The first-order valence-electron chi connectivity index (χ1n) is 8.15. The normalized spacial score (nSPS) is 10.4. The summed E-state index contributed by atoms with van der Waals surface area (Å²) < 4.78 is 10.9. The lowest BCUT2D eigenvalue weighted by molar-refractivity contribution is -0.389. The molecule has 0 saturated carbocycles. The zero-order valence-electron chi connectivity index (χ0n) is 15.4. The summed E-state index contributed by atoms with van der Waals surface area (Å²) in [6.07, 6.45) is 1.90. The van der Waals surface area contributed by atoms with E-state index in [0.717, 1.165) is 22.1 Å². The Hall–Kier alpha value is -3.28. The lowest BCUT2D eigenvalue weighted by Crippen LogP contribution is -2.20. The zero-order chi connectivity index (χ0) is 20.8. The van der Waals surface area contributed by atoms with Crippen molar-refractivity contribution in [3.8, 4) is 0 Å². The SMILES string of the molecule is CCCOC(=O)c1c(NC(=O)Cn2ccc([N+](=O)[O-])n2)sc(C(=O)OC)c1C. The maximum absolute atomic E-state index is 12.4. The Morgan fingerprint density at radius 3 is 2.64 bits per heavy atom. The topological polar surface area (TPSA) is 143 Å². The second kappa shape index (κ2) is 9.08. The molecule has 0 radical (unpaired) electrons. The maximum Gasteiger partial charge on any atom is 0.389 e. The van der Waals surface area contributed by atoms with Gasteiger partial charge in [0.2, 0.25) is 5.91 Å². The number of nitrogens with zero attached hydrogens (tertiary/aromatic N) is 3. The molecule has 2 heterocycles. The molecule has 0 aliphatic heterocycles. The van der Waals surface area contributed by atoms with E-state index in [2.05, 4.69) is 10.4 Å². The smallest absolute Gasteiger partial charge is 0.389 e. The average Bonchev–Trinajstić information content (AvgIpc) is 3.23. The van der Waals surface area contributed by atoms with Gasteiger partial charge in [0.1, 0.15) is 16.4 Å². The van der Waals surface area contributed by atoms with Crippen molar-refractivity contribution >= 4 is 40.0 Å². The highest BCUT2D eigenvalue weighted by molar-refractivity contribution is 7.18. The number of thiophene rings is 1. The Morgan fingerprint density at radius 1 is 1.36 bits per heavy atom. The van der Waals surface area contributed by atoms with E-state index in [-0.39, 0.29) is 28.6 Å². The van der Waals surface area contributed by atoms with Gasteiger partial charge in [0.25, 0.3) is 0 Å². The van der Waals surface area contributed by atoms with E-state index >= 15 is 0 Å². The predicted molar refractivity (Wildman–Crippen MR) is 98.5 cm³/mol. The van der Waals surface area contributed by atoms with Crippen molar-refractivity contribution in [1.82, 2.24) is 9.78 Å². The van der Waals surface area contributed by atoms with Crippen molar-refractivity contribution in [3.05, 3.63) is 38.4 Å². The minimum absolute atomic E-state index is 0.0682. The molecule has 0 unspecified atom stereocenters. The third-order valence-electron chi connectivity index (χ3n) is 3.53. The Bertz CT molecular complexity index is 918. The molecule has 0 fully saturated rings. The van der Waals surface area contributed by atoms with Crippen LogP contribution in [0.5, 0.6) is 0 Å². The van der Waals surface area contributed by atoms with Crippen LogP contribution in [0.15, 0.2) is 12.3 Å². The molecule has 11 nitrogen and oxygen atoms in total. The zero-order valence-corrected chi connectivity index (χ0v) is 16.2. The van der Waals surface area contributed by atoms with Crippen LogP contribution in [0.25, 0.3) is 0 Å². The second-order valence-corrected chi connectivity index (χ2v) is 6.59. The summed E-state index contributed by atoms with van der Waals surface area (Å²) in [5.74, 6) is -2.29. The van der Waals surface area contributed by atoms with Crippen LogP contribution >= 0.6 is 11.3 Å². The van der Waals surface area contributed by atoms with Gasteiger partial charge in [0.15, 0.2) is 0 Å². The number of rotatable bonds is 8. The fraction of sp³-hybridized carbons (Fsp3) is 0.375. The number of methoxy groups -OCH3 is 1. The Morgan fingerprint density at radius 2 is 2.07 bits per heavy atom. The molecule has 150 valence electrons. The monoisotopic (exact) mass is 410 g/mol. The van der Waals surface area contributed by atoms with Crippen LogP contribution < -0.4 is 5.32 Å². The van der Waals surface area contributed by atoms with Gasteiger partial charge in [0.05, 0.1) is 36.6 Å². The molecular formula is C16H18N4O7S. The molecule has 0 aliphatic carbocycles. The van der Waals surface area contributed by atoms with Gasteiger partial charge in [-0.2, -0.15) is 4.68 Å². The Kier molecular flexibility index (Phi) is 6.82. The lowest BCUT2D eigenvalue weighted by Gasteiger charge is -2.07. The van der Waals surface area contributed by atoms with E-state index in [1.54, 1.807) is 6.92 Å². The average molecular weight is 410 g/mol. The number of nitrogens with one attached hydrogen (secondary N) is 1. The number of hydrogen-bond acceptors (Lipinski definition) is 9. The molecule has 2 aromatic rings. The molecule has 0 aromatic carbocycles. The van der Waals surface area contributed by atoms with Crippen LogP contribution in [0.4, 0.5) is 10.8 Å². The first-order chi connectivity index (χ1) is 13.3. The van der Waals surface area contributed by atoms with Crippen molar-refractivity contribution in [2.45, 2.75) is 26.8 Å². The van der Waals surface area contributed by atoms with E-state index in [9.17, 15) is 24.5 Å². The second-order valence-electron chi connectivity index (χ2n) is 5.56. The number of anilines is 1. The van der Waals surface area contributed by atoms with Gasteiger partial charge in [0, 0.05) is 0 Å². The van der Waals surface area contributed by atoms with Crippen LogP contribution in [0.3, 0.4) is 0 Å². The quantitative estimate of drug-likeness (QED) is 0.396.